The lowest BCUT2D eigenvalue weighted by atomic mass is 10.2. The van der Waals surface area contributed by atoms with Crippen LogP contribution in [0.3, 0.4) is 0 Å². The minimum absolute atomic E-state index is 0.0824. The number of hydrogen-bond acceptors (Lipinski definition) is 2. The number of amides is 2. The number of hydrogen-bond donors (Lipinski definition) is 1. The highest BCUT2D eigenvalue weighted by Crippen LogP contribution is 2.11. The van der Waals surface area contributed by atoms with E-state index in [1.165, 1.54) is 31.2 Å². The van der Waals surface area contributed by atoms with Crippen molar-refractivity contribution in [2.24, 2.45) is 0 Å². The van der Waals surface area contributed by atoms with Gasteiger partial charge >= 0.3 is 0 Å². The first kappa shape index (κ1) is 17.9. The molecule has 2 amide bonds. The van der Waals surface area contributed by atoms with Crippen LogP contribution in [-0.4, -0.2) is 29.8 Å². The van der Waals surface area contributed by atoms with Crippen molar-refractivity contribution in [2.75, 3.05) is 13.1 Å². The third-order valence-electron chi connectivity index (χ3n) is 3.51. The molecule has 0 fully saturated rings. The van der Waals surface area contributed by atoms with Crippen LogP contribution in [0.2, 0.25) is 5.02 Å². The van der Waals surface area contributed by atoms with E-state index >= 15 is 0 Å². The summed E-state index contributed by atoms with van der Waals surface area (Å²) in [5.41, 5.74) is 1.34. The Hall–Kier alpha value is -2.40. The minimum atomic E-state index is -0.391. The largest absolute Gasteiger partial charge is 0.350 e. The van der Waals surface area contributed by atoms with Crippen LogP contribution in [0, 0.1) is 5.82 Å². The highest BCUT2D eigenvalue weighted by atomic mass is 35.5. The van der Waals surface area contributed by atoms with E-state index in [0.717, 1.165) is 5.56 Å². The van der Waals surface area contributed by atoms with Gasteiger partial charge in [-0.1, -0.05) is 23.7 Å². The average molecular weight is 349 g/mol. The molecule has 0 aliphatic heterocycles. The number of benzene rings is 2. The van der Waals surface area contributed by atoms with E-state index in [1.54, 1.807) is 17.0 Å². The minimum Gasteiger partial charge on any atom is -0.350 e. The smallest absolute Gasteiger partial charge is 0.251 e. The van der Waals surface area contributed by atoms with Crippen molar-refractivity contribution in [1.82, 2.24) is 10.2 Å². The number of carbonyl (C=O) groups excluding carboxylic acids is 2. The molecule has 24 heavy (non-hydrogen) atoms. The molecule has 4 nitrogen and oxygen atoms in total. The fourth-order valence-corrected chi connectivity index (χ4v) is 2.29. The molecule has 0 spiro atoms. The lowest BCUT2D eigenvalue weighted by Gasteiger charge is -2.21. The molecule has 0 radical (unpaired) electrons. The van der Waals surface area contributed by atoms with Gasteiger partial charge in [-0.2, -0.15) is 0 Å². The van der Waals surface area contributed by atoms with Gasteiger partial charge in [0, 0.05) is 37.1 Å². The van der Waals surface area contributed by atoms with Crippen molar-refractivity contribution in [3.8, 4) is 0 Å². The van der Waals surface area contributed by atoms with Crippen LogP contribution < -0.4 is 5.32 Å². The highest BCUT2D eigenvalue weighted by molar-refractivity contribution is 6.30. The molecule has 0 unspecified atom stereocenters. The van der Waals surface area contributed by atoms with E-state index in [4.69, 9.17) is 11.6 Å². The number of nitrogens with one attached hydrogen (secondary N) is 1. The van der Waals surface area contributed by atoms with E-state index in [0.29, 0.717) is 30.2 Å². The normalized spacial score (nSPS) is 10.3. The van der Waals surface area contributed by atoms with Crippen LogP contribution in [0.25, 0.3) is 0 Å². The molecule has 1 N–H and O–H groups in total. The Balaban J connectivity index is 1.87. The summed E-state index contributed by atoms with van der Waals surface area (Å²) in [5.74, 6) is -0.775. The van der Waals surface area contributed by atoms with Gasteiger partial charge in [0.05, 0.1) is 0 Å². The fourth-order valence-electron chi connectivity index (χ4n) is 2.17. The molecule has 2 aromatic rings. The Bertz CT molecular complexity index is 702. The predicted molar refractivity (Wildman–Crippen MR) is 91.3 cm³/mol. The first-order chi connectivity index (χ1) is 11.5. The van der Waals surface area contributed by atoms with Gasteiger partial charge in [0.25, 0.3) is 5.91 Å². The zero-order chi connectivity index (χ0) is 17.5. The lowest BCUT2D eigenvalue weighted by Crippen LogP contribution is -2.37. The molecular weight excluding hydrogens is 331 g/mol. The van der Waals surface area contributed by atoms with E-state index in [9.17, 15) is 14.0 Å². The Labute approximate surface area is 145 Å². The van der Waals surface area contributed by atoms with Gasteiger partial charge in [0.1, 0.15) is 5.82 Å². The van der Waals surface area contributed by atoms with Crippen LogP contribution in [0.15, 0.2) is 48.5 Å². The second kappa shape index (κ2) is 8.45. The van der Waals surface area contributed by atoms with Crippen LogP contribution >= 0.6 is 11.6 Å². The molecule has 0 bridgehead atoms. The first-order valence-corrected chi connectivity index (χ1v) is 7.87. The van der Waals surface area contributed by atoms with E-state index < -0.39 is 5.82 Å². The summed E-state index contributed by atoms with van der Waals surface area (Å²) < 4.78 is 12.8. The summed E-state index contributed by atoms with van der Waals surface area (Å²) in [5, 5.41) is 3.36. The molecule has 0 saturated heterocycles. The van der Waals surface area contributed by atoms with E-state index in [1.807, 2.05) is 12.1 Å². The number of nitrogens with zero attached hydrogens (tertiary/aromatic N) is 1. The molecule has 6 heteroatoms. The summed E-state index contributed by atoms with van der Waals surface area (Å²) in [6.45, 7) is 2.62. The SMILES string of the molecule is CC(=O)N(CCNC(=O)c1ccc(F)cc1)Cc1ccc(Cl)cc1. The van der Waals surface area contributed by atoms with Gasteiger partial charge in [-0.15, -0.1) is 0 Å². The van der Waals surface area contributed by atoms with Crippen LogP contribution in [-0.2, 0) is 11.3 Å². The van der Waals surface area contributed by atoms with Gasteiger partial charge in [-0.05, 0) is 42.0 Å². The zero-order valence-corrected chi connectivity index (χ0v) is 14.0. The molecule has 0 heterocycles. The molecule has 0 aliphatic rings. The van der Waals surface area contributed by atoms with Gasteiger partial charge in [0.15, 0.2) is 0 Å². The Kier molecular flexibility index (Phi) is 6.32. The fraction of sp³-hybridized carbons (Fsp3) is 0.222. The molecular formula is C18H18ClFN2O2. The van der Waals surface area contributed by atoms with Gasteiger partial charge < -0.3 is 10.2 Å². The van der Waals surface area contributed by atoms with Gasteiger partial charge in [-0.25, -0.2) is 4.39 Å². The lowest BCUT2D eigenvalue weighted by molar-refractivity contribution is -0.129. The molecule has 2 rings (SSSR count). The Morgan fingerprint density at radius 3 is 2.29 bits per heavy atom. The van der Waals surface area contributed by atoms with Crippen LogP contribution in [0.5, 0.6) is 0 Å². The van der Waals surface area contributed by atoms with E-state index in [-0.39, 0.29) is 11.8 Å². The van der Waals surface area contributed by atoms with Crippen molar-refractivity contribution in [2.45, 2.75) is 13.5 Å². The number of rotatable bonds is 6. The quantitative estimate of drug-likeness (QED) is 0.871. The van der Waals surface area contributed by atoms with Crippen molar-refractivity contribution in [1.29, 1.82) is 0 Å². The third-order valence-corrected chi connectivity index (χ3v) is 3.76. The topological polar surface area (TPSA) is 49.4 Å². The average Bonchev–Trinajstić information content (AvgIpc) is 2.56. The third kappa shape index (κ3) is 5.35. The van der Waals surface area contributed by atoms with E-state index in [2.05, 4.69) is 5.32 Å². The summed E-state index contributed by atoms with van der Waals surface area (Å²) >= 11 is 5.85. The highest BCUT2D eigenvalue weighted by Gasteiger charge is 2.11. The monoisotopic (exact) mass is 348 g/mol. The van der Waals surface area contributed by atoms with Crippen molar-refractivity contribution in [3.05, 3.63) is 70.5 Å². The first-order valence-electron chi connectivity index (χ1n) is 7.49. The maximum Gasteiger partial charge on any atom is 0.251 e. The maximum absolute atomic E-state index is 12.8. The Morgan fingerprint density at radius 1 is 1.08 bits per heavy atom. The standard InChI is InChI=1S/C18H18ClFN2O2/c1-13(23)22(12-14-2-6-16(19)7-3-14)11-10-21-18(24)15-4-8-17(20)9-5-15/h2-9H,10-12H2,1H3,(H,21,24). The van der Waals surface area contributed by atoms with Gasteiger partial charge in [-0.3, -0.25) is 9.59 Å². The molecule has 0 atom stereocenters. The second-order valence-corrected chi connectivity index (χ2v) is 5.77. The van der Waals surface area contributed by atoms with Crippen molar-refractivity contribution in [3.63, 3.8) is 0 Å². The summed E-state index contributed by atoms with van der Waals surface area (Å²) in [6, 6.07) is 12.6. The number of carbonyl (C=O) groups is 2. The summed E-state index contributed by atoms with van der Waals surface area (Å²) in [4.78, 5) is 25.3. The summed E-state index contributed by atoms with van der Waals surface area (Å²) in [6.07, 6.45) is 0. The zero-order valence-electron chi connectivity index (χ0n) is 13.3. The second-order valence-electron chi connectivity index (χ2n) is 5.33. The molecule has 0 aliphatic carbocycles. The summed E-state index contributed by atoms with van der Waals surface area (Å²) in [7, 11) is 0. The Morgan fingerprint density at radius 2 is 1.71 bits per heavy atom. The molecule has 0 aromatic heterocycles. The number of halogens is 2. The maximum atomic E-state index is 12.8. The predicted octanol–water partition coefficient (Wildman–Crippen LogP) is 3.26. The molecule has 126 valence electrons. The van der Waals surface area contributed by atoms with Crippen molar-refractivity contribution >= 4 is 23.4 Å². The van der Waals surface area contributed by atoms with Crippen molar-refractivity contribution < 1.29 is 14.0 Å². The molecule has 2 aromatic carbocycles. The van der Waals surface area contributed by atoms with Gasteiger partial charge in [0.2, 0.25) is 5.91 Å². The molecule has 0 saturated carbocycles. The van der Waals surface area contributed by atoms with Crippen LogP contribution in [0.4, 0.5) is 4.39 Å². The van der Waals surface area contributed by atoms with Crippen LogP contribution in [0.1, 0.15) is 22.8 Å².